The van der Waals surface area contributed by atoms with Gasteiger partial charge in [-0.05, 0) is 18.4 Å². The summed E-state index contributed by atoms with van der Waals surface area (Å²) in [6.07, 6.45) is 9.20. The van der Waals surface area contributed by atoms with Gasteiger partial charge in [-0.3, -0.25) is 19.6 Å². The number of Topliss-reactive ketones (excluding diaryl/α,β-unsaturated/α-hetero) is 1. The topological polar surface area (TPSA) is 101 Å². The van der Waals surface area contributed by atoms with Crippen LogP contribution in [0.15, 0.2) is 66.9 Å². The molecule has 4 heterocycles. The number of hydrogen-bond acceptors (Lipinski definition) is 6. The molecule has 0 bridgehead atoms. The van der Waals surface area contributed by atoms with E-state index in [0.717, 1.165) is 10.0 Å². The first-order chi connectivity index (χ1) is 17.1. The van der Waals surface area contributed by atoms with Crippen molar-refractivity contribution in [2.45, 2.75) is 12.8 Å². The number of nitrogens with one attached hydrogen (secondary N) is 1. The van der Waals surface area contributed by atoms with E-state index in [1.54, 1.807) is 23.5 Å². The second-order valence-corrected chi connectivity index (χ2v) is 8.92. The van der Waals surface area contributed by atoms with E-state index in [4.69, 9.17) is 4.74 Å². The Morgan fingerprint density at radius 1 is 1.06 bits per heavy atom. The molecule has 0 aliphatic carbocycles. The van der Waals surface area contributed by atoms with Crippen LogP contribution >= 0.6 is 15.9 Å². The van der Waals surface area contributed by atoms with Crippen molar-refractivity contribution in [1.82, 2.24) is 24.8 Å². The number of hydrogen-bond donors (Lipinski definition) is 1. The van der Waals surface area contributed by atoms with Crippen molar-refractivity contribution >= 4 is 43.0 Å². The van der Waals surface area contributed by atoms with Crippen LogP contribution in [0.1, 0.15) is 28.8 Å². The summed E-state index contributed by atoms with van der Waals surface area (Å²) in [5.41, 5.74) is 4.24. The number of carbonyl (C=O) groups excluding carboxylic acids is 2. The number of fused-ring (bicyclic) bond motifs is 1. The largest absolute Gasteiger partial charge is 0.494 e. The summed E-state index contributed by atoms with van der Waals surface area (Å²) in [5, 5.41) is 0.505. The lowest BCUT2D eigenvalue weighted by Gasteiger charge is -2.28. The Labute approximate surface area is 210 Å². The first kappa shape index (κ1) is 22.9. The van der Waals surface area contributed by atoms with Crippen LogP contribution < -0.4 is 4.74 Å². The number of rotatable bonds is 5. The number of likely N-dealkylation sites (tertiary alicyclic amines) is 1. The number of methoxy groups -OCH3 is 1. The van der Waals surface area contributed by atoms with Gasteiger partial charge in [0, 0.05) is 36.2 Å². The molecule has 0 spiro atoms. The second kappa shape index (κ2) is 9.79. The molecule has 9 heteroatoms. The Balaban J connectivity index is 1.40. The maximum Gasteiger partial charge on any atom is 0.295 e. The van der Waals surface area contributed by atoms with E-state index in [9.17, 15) is 9.59 Å². The molecule has 0 saturated carbocycles. The van der Waals surface area contributed by atoms with Crippen LogP contribution in [0.25, 0.3) is 26.8 Å². The lowest BCUT2D eigenvalue weighted by atomic mass is 9.99. The Kier molecular flexibility index (Phi) is 6.41. The third-order valence-corrected chi connectivity index (χ3v) is 7.15. The Bertz CT molecular complexity index is 1420. The fraction of sp³-hybridized carbons (Fsp3) is 0.192. The Hall–Kier alpha value is -3.85. The van der Waals surface area contributed by atoms with E-state index in [1.807, 2.05) is 30.3 Å². The molecule has 0 unspecified atom stereocenters. The molecule has 1 aliphatic rings. The van der Waals surface area contributed by atoms with Gasteiger partial charge in [-0.15, -0.1) is 0 Å². The maximum atomic E-state index is 13.3. The number of aromatic nitrogens is 4. The average Bonchev–Trinajstić information content (AvgIpc) is 3.38. The van der Waals surface area contributed by atoms with Gasteiger partial charge in [-0.1, -0.05) is 51.8 Å². The number of ether oxygens (including phenoxy) is 1. The molecule has 1 aromatic carbocycles. The van der Waals surface area contributed by atoms with E-state index in [2.05, 4.69) is 35.9 Å². The lowest BCUT2D eigenvalue weighted by molar-refractivity contribution is -0.126. The van der Waals surface area contributed by atoms with Crippen molar-refractivity contribution in [2.24, 2.45) is 0 Å². The summed E-state index contributed by atoms with van der Waals surface area (Å²) in [4.78, 5) is 44.1. The van der Waals surface area contributed by atoms with Gasteiger partial charge < -0.3 is 14.6 Å². The van der Waals surface area contributed by atoms with Crippen molar-refractivity contribution < 1.29 is 14.3 Å². The summed E-state index contributed by atoms with van der Waals surface area (Å²) in [7, 11) is 1.50. The Morgan fingerprint density at radius 2 is 1.83 bits per heavy atom. The van der Waals surface area contributed by atoms with Gasteiger partial charge in [-0.2, -0.15) is 0 Å². The van der Waals surface area contributed by atoms with Crippen molar-refractivity contribution in [3.63, 3.8) is 0 Å². The van der Waals surface area contributed by atoms with Crippen LogP contribution in [-0.4, -0.2) is 56.7 Å². The second-order valence-electron chi connectivity index (χ2n) is 8.12. The number of pyridine rings is 1. The highest BCUT2D eigenvalue weighted by molar-refractivity contribution is 9.15. The van der Waals surface area contributed by atoms with Crippen LogP contribution in [0, 0.1) is 0 Å². The molecule has 1 saturated heterocycles. The number of carbonyl (C=O) groups is 2. The number of nitrogens with zero attached hydrogens (tertiary/aromatic N) is 4. The molecule has 5 rings (SSSR count). The van der Waals surface area contributed by atoms with Gasteiger partial charge in [0.25, 0.3) is 11.7 Å². The molecule has 0 atom stereocenters. The first-order valence-corrected chi connectivity index (χ1v) is 11.9. The van der Waals surface area contributed by atoms with E-state index in [1.165, 1.54) is 25.1 Å². The molecule has 1 fully saturated rings. The van der Waals surface area contributed by atoms with Crippen molar-refractivity contribution in [3.05, 3.63) is 78.0 Å². The van der Waals surface area contributed by atoms with Crippen molar-refractivity contribution in [1.29, 1.82) is 0 Å². The molecule has 35 heavy (non-hydrogen) atoms. The van der Waals surface area contributed by atoms with Crippen LogP contribution in [0.5, 0.6) is 5.75 Å². The quantitative estimate of drug-likeness (QED) is 0.297. The number of H-pyrrole nitrogens is 1. The number of halogens is 1. The highest BCUT2D eigenvalue weighted by Gasteiger charge is 2.30. The lowest BCUT2D eigenvalue weighted by Crippen LogP contribution is -2.40. The fourth-order valence-electron chi connectivity index (χ4n) is 4.31. The molecule has 0 radical (unpaired) electrons. The van der Waals surface area contributed by atoms with Crippen LogP contribution in [0.2, 0.25) is 0 Å². The summed E-state index contributed by atoms with van der Waals surface area (Å²) >= 11 is 3.71. The number of piperidine rings is 1. The van der Waals surface area contributed by atoms with Gasteiger partial charge in [0.15, 0.2) is 0 Å². The SMILES string of the molecule is COc1cnc(-c2cnccn2)c2[nH]cc(C(=O)C(=O)N3CCC(=C(Br)c4ccccc4)CC3)c12. The fourth-order valence-corrected chi connectivity index (χ4v) is 4.98. The molecule has 1 N–H and O–H groups in total. The predicted octanol–water partition coefficient (Wildman–Crippen LogP) is 4.64. The molecule has 8 nitrogen and oxygen atoms in total. The number of amides is 1. The molecule has 3 aromatic heterocycles. The monoisotopic (exact) mass is 531 g/mol. The minimum absolute atomic E-state index is 0.251. The van der Waals surface area contributed by atoms with E-state index in [0.29, 0.717) is 54.0 Å². The van der Waals surface area contributed by atoms with Crippen LogP contribution in [0.3, 0.4) is 0 Å². The van der Waals surface area contributed by atoms with E-state index in [-0.39, 0.29) is 5.56 Å². The van der Waals surface area contributed by atoms with Gasteiger partial charge in [0.05, 0.1) is 36.0 Å². The van der Waals surface area contributed by atoms with Crippen LogP contribution in [0.4, 0.5) is 0 Å². The van der Waals surface area contributed by atoms with E-state index < -0.39 is 11.7 Å². The van der Waals surface area contributed by atoms with E-state index >= 15 is 0 Å². The number of ketones is 1. The third-order valence-electron chi connectivity index (χ3n) is 6.13. The molecule has 1 amide bonds. The zero-order valence-corrected chi connectivity index (χ0v) is 20.6. The standard InChI is InChI=1S/C26H22BrN5O3/c1-35-20-15-31-23(19-14-28-9-10-29-19)24-21(20)18(13-30-24)25(33)26(34)32-11-7-17(8-12-32)22(27)16-5-3-2-4-6-16/h2-6,9-10,13-15,30H,7-8,11-12H2,1H3. The van der Waals surface area contributed by atoms with Gasteiger partial charge >= 0.3 is 0 Å². The smallest absolute Gasteiger partial charge is 0.295 e. The molecular weight excluding hydrogens is 510 g/mol. The minimum Gasteiger partial charge on any atom is -0.494 e. The first-order valence-electron chi connectivity index (χ1n) is 11.2. The molecule has 4 aromatic rings. The summed E-state index contributed by atoms with van der Waals surface area (Å²) in [5.74, 6) is -0.707. The molecule has 1 aliphatic heterocycles. The summed E-state index contributed by atoms with van der Waals surface area (Å²) in [6, 6.07) is 10.1. The number of aromatic amines is 1. The normalized spacial score (nSPS) is 13.7. The van der Waals surface area contributed by atoms with Gasteiger partial charge in [0.1, 0.15) is 17.1 Å². The average molecular weight is 532 g/mol. The van der Waals surface area contributed by atoms with Crippen molar-refractivity contribution in [3.8, 4) is 17.1 Å². The molecular formula is C26H22BrN5O3. The predicted molar refractivity (Wildman–Crippen MR) is 136 cm³/mol. The summed E-state index contributed by atoms with van der Waals surface area (Å²) < 4.78 is 6.53. The van der Waals surface area contributed by atoms with Crippen LogP contribution in [-0.2, 0) is 4.79 Å². The zero-order valence-electron chi connectivity index (χ0n) is 19.0. The van der Waals surface area contributed by atoms with Gasteiger partial charge in [0.2, 0.25) is 0 Å². The third kappa shape index (κ3) is 4.35. The number of benzene rings is 1. The van der Waals surface area contributed by atoms with Gasteiger partial charge in [-0.25, -0.2) is 4.98 Å². The van der Waals surface area contributed by atoms with Crippen molar-refractivity contribution in [2.75, 3.05) is 20.2 Å². The molecule has 176 valence electrons. The highest BCUT2D eigenvalue weighted by atomic mass is 79.9. The Morgan fingerprint density at radius 3 is 2.51 bits per heavy atom. The zero-order chi connectivity index (χ0) is 24.4. The minimum atomic E-state index is -0.583. The highest BCUT2D eigenvalue weighted by Crippen LogP contribution is 2.35. The summed E-state index contributed by atoms with van der Waals surface area (Å²) in [6.45, 7) is 0.960. The maximum absolute atomic E-state index is 13.3.